The first-order valence-electron chi connectivity index (χ1n) is 10.3. The largest absolute Gasteiger partial charge is 0.480 e. The summed E-state index contributed by atoms with van der Waals surface area (Å²) >= 11 is 1.48. The number of nitrogens with one attached hydrogen (secondary N) is 1. The van der Waals surface area contributed by atoms with Crippen LogP contribution in [0, 0.1) is 11.7 Å². The molecule has 34 heavy (non-hydrogen) atoms. The van der Waals surface area contributed by atoms with Crippen LogP contribution >= 0.6 is 11.8 Å². The molecule has 1 fully saturated rings. The van der Waals surface area contributed by atoms with Gasteiger partial charge in [-0.05, 0) is 12.1 Å². The number of fused-ring (bicyclic) bond motifs is 1. The lowest BCUT2D eigenvalue weighted by Gasteiger charge is -2.33. The number of pyridine rings is 1. The van der Waals surface area contributed by atoms with Gasteiger partial charge in [0.05, 0.1) is 44.1 Å². The first-order chi connectivity index (χ1) is 16.5. The molecular weight excluding hydrogens is 461 g/mol. The maximum Gasteiger partial charge on any atom is 0.275 e. The number of rotatable bonds is 5. The molecule has 3 aromatic heterocycles. The molecule has 0 radical (unpaired) electrons. The molecular formula is C21H20FN9O2S. The maximum atomic E-state index is 13.3. The van der Waals surface area contributed by atoms with E-state index in [2.05, 4.69) is 30.2 Å². The number of methoxy groups -OCH3 is 1. The summed E-state index contributed by atoms with van der Waals surface area (Å²) in [6, 6.07) is 3.47. The van der Waals surface area contributed by atoms with E-state index in [1.165, 1.54) is 31.3 Å². The molecule has 1 amide bonds. The van der Waals surface area contributed by atoms with E-state index in [9.17, 15) is 9.18 Å². The molecule has 0 saturated carbocycles. The minimum atomic E-state index is -0.756. The quantitative estimate of drug-likeness (QED) is 0.549. The number of nitrogens with two attached hydrogens (primary N) is 1. The molecule has 0 aromatic carbocycles. The first-order valence-corrected chi connectivity index (χ1v) is 11.3. The van der Waals surface area contributed by atoms with Gasteiger partial charge in [-0.25, -0.2) is 29.3 Å². The Labute approximate surface area is 198 Å². The van der Waals surface area contributed by atoms with E-state index in [1.54, 1.807) is 18.3 Å². The van der Waals surface area contributed by atoms with Crippen molar-refractivity contribution < 1.29 is 13.9 Å². The second-order valence-corrected chi connectivity index (χ2v) is 8.83. The van der Waals surface area contributed by atoms with Gasteiger partial charge in [-0.15, -0.1) is 0 Å². The van der Waals surface area contributed by atoms with Crippen LogP contribution in [-0.2, 0) is 5.54 Å². The van der Waals surface area contributed by atoms with Crippen LogP contribution in [0.2, 0.25) is 0 Å². The van der Waals surface area contributed by atoms with Crippen molar-refractivity contribution in [3.63, 3.8) is 0 Å². The molecule has 13 heteroatoms. The van der Waals surface area contributed by atoms with E-state index in [-0.39, 0.29) is 11.6 Å². The second kappa shape index (κ2) is 8.82. The van der Waals surface area contributed by atoms with E-state index in [0.717, 1.165) is 18.1 Å². The SMILES string of the molecule is COc1cnc(C(=O)Nc2ccnc([C@@]34CN(c5ncc(F)cn5)C[C@@H]3CSC(N)=N4)c2)cn1. The number of ether oxygens (including phenoxy) is 1. The Hall–Kier alpha value is -3.87. The lowest BCUT2D eigenvalue weighted by molar-refractivity contribution is 0.102. The van der Waals surface area contributed by atoms with E-state index in [0.29, 0.717) is 41.5 Å². The van der Waals surface area contributed by atoms with Crippen molar-refractivity contribution >= 4 is 34.5 Å². The smallest absolute Gasteiger partial charge is 0.275 e. The molecule has 174 valence electrons. The fourth-order valence-corrected chi connectivity index (χ4v) is 5.06. The van der Waals surface area contributed by atoms with Crippen LogP contribution in [0.4, 0.5) is 16.0 Å². The number of aliphatic imine (C=N–C) groups is 1. The van der Waals surface area contributed by atoms with Crippen LogP contribution < -0.4 is 20.7 Å². The summed E-state index contributed by atoms with van der Waals surface area (Å²) in [5.74, 6) is 0.596. The molecule has 0 spiro atoms. The van der Waals surface area contributed by atoms with E-state index >= 15 is 0 Å². The fourth-order valence-electron chi connectivity index (χ4n) is 4.08. The van der Waals surface area contributed by atoms with Gasteiger partial charge >= 0.3 is 0 Å². The minimum absolute atomic E-state index is 0.0596. The van der Waals surface area contributed by atoms with E-state index in [1.807, 2.05) is 4.90 Å². The number of amidine groups is 1. The predicted octanol–water partition coefficient (Wildman–Crippen LogP) is 1.45. The summed E-state index contributed by atoms with van der Waals surface area (Å²) in [5.41, 5.74) is 6.70. The van der Waals surface area contributed by atoms with Crippen LogP contribution in [0.1, 0.15) is 16.2 Å². The number of halogens is 1. The second-order valence-electron chi connectivity index (χ2n) is 7.79. The van der Waals surface area contributed by atoms with Gasteiger partial charge in [0, 0.05) is 30.1 Å². The number of nitrogens with zero attached hydrogens (tertiary/aromatic N) is 7. The Kier molecular flexibility index (Phi) is 5.69. The molecule has 5 heterocycles. The standard InChI is InChI=1S/C21H20FN9O2S/c1-33-17-8-25-15(7-26-17)18(32)29-14-2-3-24-16(4-14)21-11-31(20-27-5-13(22)6-28-20)9-12(21)10-34-19(23)30-21/h2-8,12H,9-11H2,1H3,(H2,23,30)(H,24,29,32)/t12-,21-/m1/s1. The lowest BCUT2D eigenvalue weighted by atomic mass is 9.85. The fraction of sp³-hybridized carbons (Fsp3) is 0.286. The Morgan fingerprint density at radius 1 is 1.24 bits per heavy atom. The van der Waals surface area contributed by atoms with Gasteiger partial charge in [0.1, 0.15) is 11.2 Å². The molecule has 5 rings (SSSR count). The third-order valence-corrected chi connectivity index (χ3v) is 6.67. The molecule has 0 bridgehead atoms. The summed E-state index contributed by atoms with van der Waals surface area (Å²) in [5, 5.41) is 3.29. The van der Waals surface area contributed by atoms with Crippen molar-refractivity contribution in [2.75, 3.05) is 36.2 Å². The number of carbonyl (C=O) groups excluding carboxylic acids is 1. The Morgan fingerprint density at radius 3 is 2.79 bits per heavy atom. The maximum absolute atomic E-state index is 13.3. The van der Waals surface area contributed by atoms with E-state index in [4.69, 9.17) is 15.5 Å². The summed E-state index contributed by atoms with van der Waals surface area (Å²) in [6.07, 6.45) is 6.60. The van der Waals surface area contributed by atoms with Crippen molar-refractivity contribution in [1.29, 1.82) is 0 Å². The van der Waals surface area contributed by atoms with Crippen LogP contribution in [0.15, 0.2) is 48.1 Å². The Balaban J connectivity index is 1.44. The van der Waals surface area contributed by atoms with Crippen LogP contribution in [-0.4, -0.2) is 61.9 Å². The molecule has 2 atom stereocenters. The monoisotopic (exact) mass is 481 g/mol. The number of thioether (sulfide) groups is 1. The first kappa shape index (κ1) is 21.9. The van der Waals surface area contributed by atoms with Crippen LogP contribution in [0.25, 0.3) is 0 Å². The van der Waals surface area contributed by atoms with Crippen molar-refractivity contribution in [2.24, 2.45) is 16.6 Å². The van der Waals surface area contributed by atoms with Gasteiger partial charge in [-0.1, -0.05) is 11.8 Å². The highest BCUT2D eigenvalue weighted by Crippen LogP contribution is 2.45. The van der Waals surface area contributed by atoms with Gasteiger partial charge in [0.25, 0.3) is 5.91 Å². The minimum Gasteiger partial charge on any atom is -0.480 e. The third-order valence-electron chi connectivity index (χ3n) is 5.71. The predicted molar refractivity (Wildman–Crippen MR) is 124 cm³/mol. The van der Waals surface area contributed by atoms with Crippen molar-refractivity contribution in [3.8, 4) is 5.88 Å². The van der Waals surface area contributed by atoms with Gasteiger partial charge in [-0.2, -0.15) is 0 Å². The van der Waals surface area contributed by atoms with Crippen LogP contribution in [0.3, 0.4) is 0 Å². The number of hydrogen-bond acceptors (Lipinski definition) is 11. The summed E-state index contributed by atoms with van der Waals surface area (Å²) < 4.78 is 18.3. The highest BCUT2D eigenvalue weighted by Gasteiger charge is 2.51. The summed E-state index contributed by atoms with van der Waals surface area (Å²) in [4.78, 5) is 40.3. The number of carbonyl (C=O) groups is 1. The van der Waals surface area contributed by atoms with Gasteiger partial charge in [0.2, 0.25) is 11.8 Å². The molecule has 0 aliphatic carbocycles. The Bertz CT molecular complexity index is 1240. The normalized spacial score (nSPS) is 21.5. The molecule has 0 unspecified atom stereocenters. The number of amides is 1. The average Bonchev–Trinajstić information content (AvgIpc) is 3.24. The average molecular weight is 482 g/mol. The molecule has 2 aliphatic heterocycles. The Morgan fingerprint density at radius 2 is 2.06 bits per heavy atom. The zero-order valence-corrected chi connectivity index (χ0v) is 18.9. The molecule has 1 saturated heterocycles. The lowest BCUT2D eigenvalue weighted by Crippen LogP contribution is -2.40. The zero-order valence-electron chi connectivity index (χ0n) is 18.1. The summed E-state index contributed by atoms with van der Waals surface area (Å²) in [7, 11) is 1.47. The number of anilines is 2. The third kappa shape index (κ3) is 4.09. The molecule has 3 N–H and O–H groups in total. The van der Waals surface area contributed by atoms with Gasteiger partial charge in [0.15, 0.2) is 11.0 Å². The van der Waals surface area contributed by atoms with Crippen molar-refractivity contribution in [2.45, 2.75) is 5.54 Å². The highest BCUT2D eigenvalue weighted by molar-refractivity contribution is 8.13. The number of hydrogen-bond donors (Lipinski definition) is 2. The van der Waals surface area contributed by atoms with Gasteiger partial charge < -0.3 is 20.7 Å². The van der Waals surface area contributed by atoms with Crippen molar-refractivity contribution in [3.05, 3.63) is 60.3 Å². The number of aromatic nitrogens is 5. The van der Waals surface area contributed by atoms with Crippen molar-refractivity contribution in [1.82, 2.24) is 24.9 Å². The van der Waals surface area contributed by atoms with E-state index < -0.39 is 17.3 Å². The van der Waals surface area contributed by atoms with Gasteiger partial charge in [-0.3, -0.25) is 9.78 Å². The molecule has 3 aromatic rings. The topological polar surface area (TPSA) is 144 Å². The molecule has 11 nitrogen and oxygen atoms in total. The van der Waals surface area contributed by atoms with Crippen LogP contribution in [0.5, 0.6) is 5.88 Å². The highest BCUT2D eigenvalue weighted by atomic mass is 32.2. The molecule has 2 aliphatic rings. The zero-order chi connectivity index (χ0) is 23.7. The summed E-state index contributed by atoms with van der Waals surface area (Å²) in [6.45, 7) is 1.02.